The van der Waals surface area contributed by atoms with Gasteiger partial charge in [0.1, 0.15) is 0 Å². The smallest absolute Gasteiger partial charge is 0.225 e. The number of amides is 2. The van der Waals surface area contributed by atoms with Gasteiger partial charge in [0.25, 0.3) is 0 Å². The van der Waals surface area contributed by atoms with Crippen molar-refractivity contribution in [2.24, 2.45) is 17.6 Å². The summed E-state index contributed by atoms with van der Waals surface area (Å²) in [5, 5.41) is 0. The number of hydrogen-bond acceptors (Lipinski definition) is 3. The predicted octanol–water partition coefficient (Wildman–Crippen LogP) is 1.87. The maximum Gasteiger partial charge on any atom is 0.225 e. The van der Waals surface area contributed by atoms with E-state index in [1.165, 1.54) is 5.56 Å². The van der Waals surface area contributed by atoms with Crippen molar-refractivity contribution < 1.29 is 9.59 Å². The first-order valence-corrected chi connectivity index (χ1v) is 8.89. The minimum Gasteiger partial charge on any atom is -0.343 e. The van der Waals surface area contributed by atoms with E-state index >= 15 is 0 Å². The van der Waals surface area contributed by atoms with Crippen LogP contribution in [-0.2, 0) is 9.59 Å². The molecule has 2 heterocycles. The Morgan fingerprint density at radius 1 is 1.08 bits per heavy atom. The van der Waals surface area contributed by atoms with Crippen LogP contribution in [0.5, 0.6) is 0 Å². The summed E-state index contributed by atoms with van der Waals surface area (Å²) in [6.07, 6.45) is 1.55. The SMILES string of the molecule is CC(=O)N1CCC(C(=O)N2C[C@@H](CN)[C@H](c3ccccc3)C2)CC1.Cl. The van der Waals surface area contributed by atoms with E-state index < -0.39 is 0 Å². The molecule has 2 N–H and O–H groups in total. The van der Waals surface area contributed by atoms with Gasteiger partial charge in [-0.2, -0.15) is 0 Å². The number of benzene rings is 1. The molecule has 0 radical (unpaired) electrons. The fourth-order valence-electron chi connectivity index (χ4n) is 4.07. The lowest BCUT2D eigenvalue weighted by molar-refractivity contribution is -0.139. The minimum absolute atomic E-state index is 0. The van der Waals surface area contributed by atoms with Gasteiger partial charge >= 0.3 is 0 Å². The Morgan fingerprint density at radius 2 is 1.72 bits per heavy atom. The van der Waals surface area contributed by atoms with E-state index in [9.17, 15) is 9.59 Å². The average molecular weight is 366 g/mol. The normalized spacial score (nSPS) is 24.1. The first-order valence-electron chi connectivity index (χ1n) is 8.89. The third kappa shape index (κ3) is 4.33. The van der Waals surface area contributed by atoms with E-state index in [0.29, 0.717) is 31.5 Å². The lowest BCUT2D eigenvalue weighted by Crippen LogP contribution is -2.43. The molecule has 1 aromatic carbocycles. The molecule has 5 nitrogen and oxygen atoms in total. The first-order chi connectivity index (χ1) is 11.6. The van der Waals surface area contributed by atoms with Crippen molar-refractivity contribution in [3.63, 3.8) is 0 Å². The first kappa shape index (κ1) is 19.7. The lowest BCUT2D eigenvalue weighted by atomic mass is 9.89. The molecule has 2 aliphatic rings. The van der Waals surface area contributed by atoms with Crippen molar-refractivity contribution in [2.75, 3.05) is 32.7 Å². The Hall–Kier alpha value is -1.59. The van der Waals surface area contributed by atoms with Gasteiger partial charge in [-0.25, -0.2) is 0 Å². The molecule has 2 saturated heterocycles. The van der Waals surface area contributed by atoms with Crippen LogP contribution < -0.4 is 5.73 Å². The van der Waals surface area contributed by atoms with Crippen molar-refractivity contribution in [1.29, 1.82) is 0 Å². The molecule has 6 heteroatoms. The van der Waals surface area contributed by atoms with Crippen molar-refractivity contribution in [3.8, 4) is 0 Å². The van der Waals surface area contributed by atoms with Crippen LogP contribution in [0.1, 0.15) is 31.2 Å². The monoisotopic (exact) mass is 365 g/mol. The minimum atomic E-state index is 0. The molecular weight excluding hydrogens is 338 g/mol. The second kappa shape index (κ2) is 8.68. The Kier molecular flexibility index (Phi) is 6.85. The van der Waals surface area contributed by atoms with Crippen molar-refractivity contribution >= 4 is 24.2 Å². The molecule has 2 atom stereocenters. The number of nitrogens with two attached hydrogens (primary N) is 1. The molecule has 0 aromatic heterocycles. The molecule has 0 spiro atoms. The third-order valence-corrected chi connectivity index (χ3v) is 5.57. The van der Waals surface area contributed by atoms with E-state index in [2.05, 4.69) is 12.1 Å². The zero-order valence-corrected chi connectivity index (χ0v) is 15.6. The lowest BCUT2D eigenvalue weighted by Gasteiger charge is -2.32. The van der Waals surface area contributed by atoms with Crippen LogP contribution in [0, 0.1) is 11.8 Å². The fraction of sp³-hybridized carbons (Fsp3) is 0.579. The number of carbonyl (C=O) groups excluding carboxylic acids is 2. The second-order valence-electron chi connectivity index (χ2n) is 7.04. The van der Waals surface area contributed by atoms with Crippen LogP contribution in [0.15, 0.2) is 30.3 Å². The highest BCUT2D eigenvalue weighted by Crippen LogP contribution is 2.33. The van der Waals surface area contributed by atoms with Gasteiger partial charge in [0.2, 0.25) is 11.8 Å². The molecule has 25 heavy (non-hydrogen) atoms. The largest absolute Gasteiger partial charge is 0.343 e. The Balaban J connectivity index is 0.00000225. The number of piperidine rings is 1. The molecule has 1 aromatic rings. The number of halogens is 1. The predicted molar refractivity (Wildman–Crippen MR) is 101 cm³/mol. The molecule has 2 aliphatic heterocycles. The summed E-state index contributed by atoms with van der Waals surface area (Å²) < 4.78 is 0. The summed E-state index contributed by atoms with van der Waals surface area (Å²) in [6, 6.07) is 10.4. The molecule has 0 unspecified atom stereocenters. The van der Waals surface area contributed by atoms with E-state index in [0.717, 1.165) is 25.9 Å². The number of likely N-dealkylation sites (tertiary alicyclic amines) is 2. The van der Waals surface area contributed by atoms with Crippen LogP contribution in [0.4, 0.5) is 0 Å². The number of carbonyl (C=O) groups is 2. The van der Waals surface area contributed by atoms with Gasteiger partial charge in [0.15, 0.2) is 0 Å². The summed E-state index contributed by atoms with van der Waals surface area (Å²) in [6.45, 7) is 5.11. The van der Waals surface area contributed by atoms with Gasteiger partial charge < -0.3 is 15.5 Å². The van der Waals surface area contributed by atoms with Crippen LogP contribution in [0.3, 0.4) is 0 Å². The van der Waals surface area contributed by atoms with E-state index in [1.54, 1.807) is 6.92 Å². The van der Waals surface area contributed by atoms with Gasteiger partial charge in [0, 0.05) is 44.9 Å². The molecule has 3 rings (SSSR count). The van der Waals surface area contributed by atoms with E-state index in [-0.39, 0.29) is 30.1 Å². The van der Waals surface area contributed by atoms with Crippen molar-refractivity contribution in [1.82, 2.24) is 9.80 Å². The highest BCUT2D eigenvalue weighted by Gasteiger charge is 2.38. The van der Waals surface area contributed by atoms with Gasteiger partial charge in [0.05, 0.1) is 0 Å². The quantitative estimate of drug-likeness (QED) is 0.889. The zero-order valence-electron chi connectivity index (χ0n) is 14.8. The van der Waals surface area contributed by atoms with Crippen LogP contribution >= 0.6 is 12.4 Å². The summed E-state index contributed by atoms with van der Waals surface area (Å²) >= 11 is 0. The highest BCUT2D eigenvalue weighted by atomic mass is 35.5. The summed E-state index contributed by atoms with van der Waals surface area (Å²) in [5.74, 6) is 1.06. The van der Waals surface area contributed by atoms with Crippen LogP contribution in [0.25, 0.3) is 0 Å². The van der Waals surface area contributed by atoms with E-state index in [1.807, 2.05) is 28.0 Å². The Labute approximate surface area is 155 Å². The highest BCUT2D eigenvalue weighted by molar-refractivity contribution is 5.85. The topological polar surface area (TPSA) is 66.6 Å². The molecule has 0 saturated carbocycles. The van der Waals surface area contributed by atoms with Crippen molar-refractivity contribution in [2.45, 2.75) is 25.7 Å². The third-order valence-electron chi connectivity index (χ3n) is 5.57. The van der Waals surface area contributed by atoms with Crippen molar-refractivity contribution in [3.05, 3.63) is 35.9 Å². The van der Waals surface area contributed by atoms with Crippen LogP contribution in [0.2, 0.25) is 0 Å². The molecule has 2 fully saturated rings. The molecular formula is C19H28ClN3O2. The maximum atomic E-state index is 12.9. The zero-order chi connectivity index (χ0) is 17.1. The number of nitrogens with zero attached hydrogens (tertiary/aromatic N) is 2. The molecule has 138 valence electrons. The standard InChI is InChI=1S/C19H27N3O2.ClH/c1-14(23)21-9-7-16(8-10-21)19(24)22-12-17(11-20)18(13-22)15-5-3-2-4-6-15;/h2-6,16-18H,7-13,20H2,1H3;1H/t17-,18+;/m1./s1. The van der Waals surface area contributed by atoms with Gasteiger partial charge in [-0.1, -0.05) is 30.3 Å². The summed E-state index contributed by atoms with van der Waals surface area (Å²) in [5.41, 5.74) is 7.24. The summed E-state index contributed by atoms with van der Waals surface area (Å²) in [7, 11) is 0. The molecule has 0 bridgehead atoms. The fourth-order valence-corrected chi connectivity index (χ4v) is 4.07. The average Bonchev–Trinajstić information content (AvgIpc) is 3.06. The molecule has 2 amide bonds. The van der Waals surface area contributed by atoms with Gasteiger partial charge in [-0.15, -0.1) is 12.4 Å². The van der Waals surface area contributed by atoms with Crippen LogP contribution in [-0.4, -0.2) is 54.3 Å². The maximum absolute atomic E-state index is 12.9. The second-order valence-corrected chi connectivity index (χ2v) is 7.04. The van der Waals surface area contributed by atoms with Gasteiger partial charge in [-0.3, -0.25) is 9.59 Å². The van der Waals surface area contributed by atoms with Gasteiger partial charge in [-0.05, 0) is 30.9 Å². The Bertz CT molecular complexity index is 588. The van der Waals surface area contributed by atoms with E-state index in [4.69, 9.17) is 5.73 Å². The molecule has 0 aliphatic carbocycles. The number of rotatable bonds is 3. The summed E-state index contributed by atoms with van der Waals surface area (Å²) in [4.78, 5) is 28.2. The number of hydrogen-bond donors (Lipinski definition) is 1. The Morgan fingerprint density at radius 3 is 2.28 bits per heavy atom.